The van der Waals surface area contributed by atoms with Crippen LogP contribution in [0.1, 0.15) is 19.8 Å². The van der Waals surface area contributed by atoms with E-state index >= 15 is 0 Å². The van der Waals surface area contributed by atoms with Gasteiger partial charge in [-0.2, -0.15) is 0 Å². The van der Waals surface area contributed by atoms with Crippen LogP contribution in [0.3, 0.4) is 0 Å². The molecule has 0 aromatic carbocycles. The number of nitrogens with zero attached hydrogens (tertiary/aromatic N) is 1. The van der Waals surface area contributed by atoms with E-state index < -0.39 is 5.41 Å². The van der Waals surface area contributed by atoms with Gasteiger partial charge in [0.05, 0.1) is 0 Å². The van der Waals surface area contributed by atoms with Crippen molar-refractivity contribution in [3.05, 3.63) is 0 Å². The number of carbonyl (C=O) groups is 2. The van der Waals surface area contributed by atoms with E-state index in [9.17, 15) is 9.59 Å². The summed E-state index contributed by atoms with van der Waals surface area (Å²) in [5, 5.41) is 5.88. The fourth-order valence-corrected chi connectivity index (χ4v) is 2.32. The van der Waals surface area contributed by atoms with Gasteiger partial charge < -0.3 is 15.5 Å². The summed E-state index contributed by atoms with van der Waals surface area (Å²) in [7, 11) is 1.59. The normalized spacial score (nSPS) is 25.8. The molecule has 0 aromatic rings. The van der Waals surface area contributed by atoms with Crippen LogP contribution in [-0.4, -0.2) is 49.4 Å². The number of carbonyl (C=O) groups excluding carboxylic acids is 2. The van der Waals surface area contributed by atoms with E-state index in [1.54, 1.807) is 7.05 Å². The average molecular weight is 262 g/mol. The average Bonchev–Trinajstić information content (AvgIpc) is 3.08. The molecule has 2 amide bonds. The summed E-state index contributed by atoms with van der Waals surface area (Å²) in [6.45, 7) is 4.29. The standard InChI is InChI=1S/C11H19N3O2.ClH/c1-8-7-14(6-5-13-8)10(16)11(3-4-11)9(15)12-2;/h8,13H,3-7H2,1-2H3,(H,12,15);1H. The Morgan fingerprint density at radius 2 is 2.06 bits per heavy atom. The lowest BCUT2D eigenvalue weighted by Crippen LogP contribution is -2.55. The van der Waals surface area contributed by atoms with E-state index in [0.717, 1.165) is 6.54 Å². The minimum Gasteiger partial charge on any atom is -0.358 e. The summed E-state index contributed by atoms with van der Waals surface area (Å²) in [6, 6.07) is 0.318. The number of hydrogen-bond donors (Lipinski definition) is 2. The second-order valence-electron chi connectivity index (χ2n) is 4.77. The van der Waals surface area contributed by atoms with Gasteiger partial charge >= 0.3 is 0 Å². The Labute approximate surface area is 108 Å². The van der Waals surface area contributed by atoms with Crippen molar-refractivity contribution in [3.63, 3.8) is 0 Å². The van der Waals surface area contributed by atoms with Crippen LogP contribution in [0.25, 0.3) is 0 Å². The Morgan fingerprint density at radius 1 is 1.41 bits per heavy atom. The second kappa shape index (κ2) is 5.23. The fraction of sp³-hybridized carbons (Fsp3) is 0.818. The summed E-state index contributed by atoms with van der Waals surface area (Å²) < 4.78 is 0. The van der Waals surface area contributed by atoms with Crippen LogP contribution < -0.4 is 10.6 Å². The number of piperazine rings is 1. The van der Waals surface area contributed by atoms with Crippen LogP contribution in [-0.2, 0) is 9.59 Å². The summed E-state index contributed by atoms with van der Waals surface area (Å²) in [5.74, 6) is -0.108. The molecule has 2 N–H and O–H groups in total. The summed E-state index contributed by atoms with van der Waals surface area (Å²) >= 11 is 0. The molecule has 0 radical (unpaired) electrons. The first-order valence-electron chi connectivity index (χ1n) is 5.85. The summed E-state index contributed by atoms with van der Waals surface area (Å²) in [5.41, 5.74) is -0.730. The number of halogens is 1. The lowest BCUT2D eigenvalue weighted by Gasteiger charge is -2.34. The topological polar surface area (TPSA) is 61.4 Å². The predicted molar refractivity (Wildman–Crippen MR) is 67.0 cm³/mol. The SMILES string of the molecule is CNC(=O)C1(C(=O)N2CCNC(C)C2)CC1.Cl. The first kappa shape index (κ1) is 14.3. The van der Waals surface area contributed by atoms with Crippen molar-refractivity contribution in [3.8, 4) is 0 Å². The quantitative estimate of drug-likeness (QED) is 0.675. The van der Waals surface area contributed by atoms with Crippen molar-refractivity contribution in [2.24, 2.45) is 5.41 Å². The van der Waals surface area contributed by atoms with Crippen molar-refractivity contribution < 1.29 is 9.59 Å². The molecule has 2 rings (SSSR count). The fourth-order valence-electron chi connectivity index (χ4n) is 2.32. The van der Waals surface area contributed by atoms with Crippen molar-refractivity contribution in [2.75, 3.05) is 26.7 Å². The van der Waals surface area contributed by atoms with E-state index in [1.807, 2.05) is 4.90 Å². The van der Waals surface area contributed by atoms with Gasteiger partial charge in [-0.25, -0.2) is 0 Å². The molecule has 1 saturated carbocycles. The number of nitrogens with one attached hydrogen (secondary N) is 2. The molecule has 1 aliphatic heterocycles. The molecular weight excluding hydrogens is 242 g/mol. The maximum Gasteiger partial charge on any atom is 0.238 e. The molecule has 1 atom stereocenters. The monoisotopic (exact) mass is 261 g/mol. The molecule has 0 bridgehead atoms. The Bertz CT molecular complexity index is 318. The highest BCUT2D eigenvalue weighted by Gasteiger charge is 2.57. The summed E-state index contributed by atoms with van der Waals surface area (Å²) in [6.07, 6.45) is 1.40. The lowest BCUT2D eigenvalue weighted by molar-refractivity contribution is -0.144. The number of hydrogen-bond acceptors (Lipinski definition) is 3. The van der Waals surface area contributed by atoms with Gasteiger partial charge in [-0.3, -0.25) is 9.59 Å². The van der Waals surface area contributed by atoms with Crippen LogP contribution in [0.5, 0.6) is 0 Å². The molecule has 98 valence electrons. The van der Waals surface area contributed by atoms with E-state index in [4.69, 9.17) is 0 Å². The minimum atomic E-state index is -0.730. The smallest absolute Gasteiger partial charge is 0.238 e. The third-order valence-electron chi connectivity index (χ3n) is 3.48. The zero-order valence-electron chi connectivity index (χ0n) is 10.3. The summed E-state index contributed by atoms with van der Waals surface area (Å²) in [4.78, 5) is 25.8. The van der Waals surface area contributed by atoms with Gasteiger partial charge in [0, 0.05) is 32.7 Å². The molecule has 1 aliphatic carbocycles. The maximum absolute atomic E-state index is 12.3. The molecule has 0 spiro atoms. The Kier molecular flexibility index (Phi) is 4.38. The van der Waals surface area contributed by atoms with Gasteiger partial charge in [0.1, 0.15) is 5.41 Å². The van der Waals surface area contributed by atoms with Crippen LogP contribution in [0, 0.1) is 5.41 Å². The van der Waals surface area contributed by atoms with Gasteiger partial charge in [-0.05, 0) is 19.8 Å². The predicted octanol–water partition coefficient (Wildman–Crippen LogP) is -0.245. The molecule has 2 fully saturated rings. The third kappa shape index (κ3) is 2.55. The van der Waals surface area contributed by atoms with Crippen molar-refractivity contribution in [1.29, 1.82) is 0 Å². The van der Waals surface area contributed by atoms with Crippen molar-refractivity contribution >= 4 is 24.2 Å². The van der Waals surface area contributed by atoms with E-state index in [-0.39, 0.29) is 24.2 Å². The van der Waals surface area contributed by atoms with Gasteiger partial charge in [-0.1, -0.05) is 0 Å². The molecule has 1 heterocycles. The van der Waals surface area contributed by atoms with Crippen molar-refractivity contribution in [2.45, 2.75) is 25.8 Å². The number of rotatable bonds is 2. The molecular formula is C11H20ClN3O2. The highest BCUT2D eigenvalue weighted by molar-refractivity contribution is 6.07. The van der Waals surface area contributed by atoms with Crippen LogP contribution in [0.15, 0.2) is 0 Å². The molecule has 5 nitrogen and oxygen atoms in total. The van der Waals surface area contributed by atoms with Crippen LogP contribution in [0.4, 0.5) is 0 Å². The maximum atomic E-state index is 12.3. The highest BCUT2D eigenvalue weighted by atomic mass is 35.5. The first-order chi connectivity index (χ1) is 7.60. The largest absolute Gasteiger partial charge is 0.358 e. The van der Waals surface area contributed by atoms with Crippen LogP contribution >= 0.6 is 12.4 Å². The van der Waals surface area contributed by atoms with E-state index in [0.29, 0.717) is 32.0 Å². The molecule has 0 aromatic heterocycles. The Hall–Kier alpha value is -0.810. The van der Waals surface area contributed by atoms with Crippen molar-refractivity contribution in [1.82, 2.24) is 15.5 Å². The Balaban J connectivity index is 0.00000144. The number of amides is 2. The zero-order chi connectivity index (χ0) is 11.8. The molecule has 17 heavy (non-hydrogen) atoms. The highest BCUT2D eigenvalue weighted by Crippen LogP contribution is 2.47. The second-order valence-corrected chi connectivity index (χ2v) is 4.77. The Morgan fingerprint density at radius 3 is 2.53 bits per heavy atom. The molecule has 6 heteroatoms. The lowest BCUT2D eigenvalue weighted by atomic mass is 10.0. The van der Waals surface area contributed by atoms with Gasteiger partial charge in [0.25, 0.3) is 0 Å². The van der Waals surface area contributed by atoms with Gasteiger partial charge in [0.2, 0.25) is 11.8 Å². The van der Waals surface area contributed by atoms with E-state index in [2.05, 4.69) is 17.6 Å². The molecule has 1 saturated heterocycles. The first-order valence-corrected chi connectivity index (χ1v) is 5.85. The van der Waals surface area contributed by atoms with Crippen LogP contribution in [0.2, 0.25) is 0 Å². The third-order valence-corrected chi connectivity index (χ3v) is 3.48. The zero-order valence-corrected chi connectivity index (χ0v) is 11.1. The van der Waals surface area contributed by atoms with E-state index in [1.165, 1.54) is 0 Å². The molecule has 2 aliphatic rings. The minimum absolute atomic E-state index is 0. The van der Waals surface area contributed by atoms with Gasteiger partial charge in [0.15, 0.2) is 0 Å². The van der Waals surface area contributed by atoms with Gasteiger partial charge in [-0.15, -0.1) is 12.4 Å². The molecule has 1 unspecified atom stereocenters.